The van der Waals surface area contributed by atoms with Crippen molar-refractivity contribution in [1.82, 2.24) is 0 Å². The average molecular weight is 206 g/mol. The number of allylic oxidation sites excluding steroid dienone is 3. The molecule has 0 spiro atoms. The molecule has 0 nitrogen and oxygen atoms in total. The average Bonchev–Trinajstić information content (AvgIpc) is 2.15. The van der Waals surface area contributed by atoms with Crippen LogP contribution in [-0.4, -0.2) is 0 Å². The van der Waals surface area contributed by atoms with Crippen LogP contribution in [0.15, 0.2) is 23.8 Å². The third-order valence-electron chi connectivity index (χ3n) is 3.51. The van der Waals surface area contributed by atoms with Crippen LogP contribution in [0.2, 0.25) is 0 Å². The molecule has 0 saturated carbocycles. The topological polar surface area (TPSA) is 0 Å². The van der Waals surface area contributed by atoms with E-state index < -0.39 is 0 Å². The molecule has 0 radical (unpaired) electrons. The molecule has 1 unspecified atom stereocenters. The van der Waals surface area contributed by atoms with Gasteiger partial charge in [-0.3, -0.25) is 0 Å². The fourth-order valence-electron chi connectivity index (χ4n) is 2.75. The quantitative estimate of drug-likeness (QED) is 0.548. The Labute approximate surface area is 95.5 Å². The molecule has 0 aromatic rings. The Hall–Kier alpha value is -0.520. The van der Waals surface area contributed by atoms with Crippen molar-refractivity contribution in [2.24, 2.45) is 11.8 Å². The molecule has 0 bridgehead atoms. The molecule has 1 aliphatic carbocycles. The van der Waals surface area contributed by atoms with Gasteiger partial charge in [-0.2, -0.15) is 0 Å². The lowest BCUT2D eigenvalue weighted by Crippen LogP contribution is -2.11. The standard InChI is InChI=1S/C15H26/c1-5-6-7-15-9-8-14(10-12(2)3)11-13(15)4/h5,12,14H,1,6-11H2,2-4H3. The van der Waals surface area contributed by atoms with Gasteiger partial charge in [-0.25, -0.2) is 0 Å². The molecule has 1 atom stereocenters. The molecule has 0 heteroatoms. The van der Waals surface area contributed by atoms with Gasteiger partial charge < -0.3 is 0 Å². The van der Waals surface area contributed by atoms with E-state index in [9.17, 15) is 0 Å². The number of hydrogen-bond acceptors (Lipinski definition) is 0. The summed E-state index contributed by atoms with van der Waals surface area (Å²) in [4.78, 5) is 0. The molecule has 0 aromatic heterocycles. The van der Waals surface area contributed by atoms with Crippen LogP contribution in [0.25, 0.3) is 0 Å². The lowest BCUT2D eigenvalue weighted by Gasteiger charge is -2.27. The van der Waals surface area contributed by atoms with Gasteiger partial charge in [-0.15, -0.1) is 6.58 Å². The van der Waals surface area contributed by atoms with E-state index in [1.165, 1.54) is 32.1 Å². The Kier molecular flexibility index (Phi) is 5.14. The molecule has 0 amide bonds. The van der Waals surface area contributed by atoms with Gasteiger partial charge in [0.15, 0.2) is 0 Å². The van der Waals surface area contributed by atoms with Crippen molar-refractivity contribution in [3.63, 3.8) is 0 Å². The zero-order valence-corrected chi connectivity index (χ0v) is 10.7. The molecule has 15 heavy (non-hydrogen) atoms. The SMILES string of the molecule is C=CCCC1=C(C)CC(CC(C)C)CC1. The summed E-state index contributed by atoms with van der Waals surface area (Å²) < 4.78 is 0. The minimum Gasteiger partial charge on any atom is -0.103 e. The monoisotopic (exact) mass is 206 g/mol. The van der Waals surface area contributed by atoms with Gasteiger partial charge in [-0.1, -0.05) is 31.1 Å². The summed E-state index contributed by atoms with van der Waals surface area (Å²) in [5, 5.41) is 0. The summed E-state index contributed by atoms with van der Waals surface area (Å²) in [5.74, 6) is 1.81. The van der Waals surface area contributed by atoms with Crippen LogP contribution in [0.3, 0.4) is 0 Å². The van der Waals surface area contributed by atoms with Crippen molar-refractivity contribution < 1.29 is 0 Å². The van der Waals surface area contributed by atoms with Crippen LogP contribution in [0.4, 0.5) is 0 Å². The van der Waals surface area contributed by atoms with Gasteiger partial charge in [-0.05, 0) is 57.3 Å². The summed E-state index contributed by atoms with van der Waals surface area (Å²) >= 11 is 0. The molecule has 0 aromatic carbocycles. The van der Waals surface area contributed by atoms with Crippen LogP contribution in [-0.2, 0) is 0 Å². The fraction of sp³-hybridized carbons (Fsp3) is 0.733. The summed E-state index contributed by atoms with van der Waals surface area (Å²) in [6.45, 7) is 10.8. The van der Waals surface area contributed by atoms with Crippen molar-refractivity contribution in [3.05, 3.63) is 23.8 Å². The predicted molar refractivity (Wildman–Crippen MR) is 68.9 cm³/mol. The first-order chi connectivity index (χ1) is 7.13. The van der Waals surface area contributed by atoms with Crippen LogP contribution < -0.4 is 0 Å². The molecule has 0 N–H and O–H groups in total. The second-order valence-electron chi connectivity index (χ2n) is 5.45. The zero-order valence-electron chi connectivity index (χ0n) is 10.7. The van der Waals surface area contributed by atoms with Crippen LogP contribution >= 0.6 is 0 Å². The normalized spacial score (nSPS) is 22.3. The van der Waals surface area contributed by atoms with Crippen molar-refractivity contribution in [1.29, 1.82) is 0 Å². The molecule has 0 fully saturated rings. The van der Waals surface area contributed by atoms with E-state index >= 15 is 0 Å². The molecule has 0 heterocycles. The Balaban J connectivity index is 2.45. The highest BCUT2D eigenvalue weighted by Gasteiger charge is 2.18. The first kappa shape index (κ1) is 12.5. The van der Waals surface area contributed by atoms with E-state index in [0.717, 1.165) is 18.3 Å². The predicted octanol–water partition coefficient (Wildman–Crippen LogP) is 5.12. The van der Waals surface area contributed by atoms with Crippen LogP contribution in [0.1, 0.15) is 59.3 Å². The molecule has 1 rings (SSSR count). The number of rotatable bonds is 5. The highest BCUT2D eigenvalue weighted by atomic mass is 14.2. The van der Waals surface area contributed by atoms with Crippen molar-refractivity contribution >= 4 is 0 Å². The highest BCUT2D eigenvalue weighted by Crippen LogP contribution is 2.34. The summed E-state index contributed by atoms with van der Waals surface area (Å²) in [5.41, 5.74) is 3.39. The lowest BCUT2D eigenvalue weighted by molar-refractivity contribution is 0.365. The van der Waals surface area contributed by atoms with E-state index in [-0.39, 0.29) is 0 Å². The van der Waals surface area contributed by atoms with E-state index in [4.69, 9.17) is 0 Å². The summed E-state index contributed by atoms with van der Waals surface area (Å²) in [7, 11) is 0. The molecule has 0 saturated heterocycles. The lowest BCUT2D eigenvalue weighted by atomic mass is 9.79. The van der Waals surface area contributed by atoms with Crippen LogP contribution in [0, 0.1) is 11.8 Å². The second kappa shape index (κ2) is 6.15. The summed E-state index contributed by atoms with van der Waals surface area (Å²) in [6.07, 6.45) is 9.97. The Bertz CT molecular complexity index is 232. The van der Waals surface area contributed by atoms with Gasteiger partial charge in [0, 0.05) is 0 Å². The number of hydrogen-bond donors (Lipinski definition) is 0. The molecular formula is C15H26. The van der Waals surface area contributed by atoms with Crippen LogP contribution in [0.5, 0.6) is 0 Å². The Morgan fingerprint density at radius 1 is 1.47 bits per heavy atom. The third-order valence-corrected chi connectivity index (χ3v) is 3.51. The second-order valence-corrected chi connectivity index (χ2v) is 5.45. The summed E-state index contributed by atoms with van der Waals surface area (Å²) in [6, 6.07) is 0. The van der Waals surface area contributed by atoms with Gasteiger partial charge in [0.25, 0.3) is 0 Å². The fourth-order valence-corrected chi connectivity index (χ4v) is 2.75. The first-order valence-electron chi connectivity index (χ1n) is 6.41. The van der Waals surface area contributed by atoms with E-state index in [1.807, 2.05) is 6.08 Å². The Morgan fingerprint density at radius 3 is 2.73 bits per heavy atom. The van der Waals surface area contributed by atoms with E-state index in [2.05, 4.69) is 27.4 Å². The van der Waals surface area contributed by atoms with Gasteiger partial charge in [0.2, 0.25) is 0 Å². The first-order valence-corrected chi connectivity index (χ1v) is 6.41. The van der Waals surface area contributed by atoms with Gasteiger partial charge in [0.05, 0.1) is 0 Å². The highest BCUT2D eigenvalue weighted by molar-refractivity contribution is 5.16. The third kappa shape index (κ3) is 4.24. The van der Waals surface area contributed by atoms with Gasteiger partial charge in [0.1, 0.15) is 0 Å². The molecule has 1 aliphatic rings. The zero-order chi connectivity index (χ0) is 11.3. The minimum atomic E-state index is 0.859. The maximum absolute atomic E-state index is 3.80. The van der Waals surface area contributed by atoms with Crippen molar-refractivity contribution in [3.8, 4) is 0 Å². The molecule has 0 aliphatic heterocycles. The maximum atomic E-state index is 3.80. The largest absolute Gasteiger partial charge is 0.103 e. The Morgan fingerprint density at radius 2 is 2.20 bits per heavy atom. The molecular weight excluding hydrogens is 180 g/mol. The smallest absolute Gasteiger partial charge is 0.0283 e. The minimum absolute atomic E-state index is 0.859. The van der Waals surface area contributed by atoms with E-state index in [1.54, 1.807) is 11.1 Å². The maximum Gasteiger partial charge on any atom is -0.0283 e. The van der Waals surface area contributed by atoms with Crippen molar-refractivity contribution in [2.45, 2.75) is 59.3 Å². The van der Waals surface area contributed by atoms with E-state index in [0.29, 0.717) is 0 Å². The molecule has 86 valence electrons. The van der Waals surface area contributed by atoms with Gasteiger partial charge >= 0.3 is 0 Å². The van der Waals surface area contributed by atoms with Crippen molar-refractivity contribution in [2.75, 3.05) is 0 Å².